The maximum atomic E-state index is 13.2. The van der Waals surface area contributed by atoms with Crippen molar-refractivity contribution in [3.05, 3.63) is 105 Å². The van der Waals surface area contributed by atoms with E-state index >= 15 is 0 Å². The summed E-state index contributed by atoms with van der Waals surface area (Å²) in [7, 11) is 0. The van der Waals surface area contributed by atoms with Gasteiger partial charge in [-0.1, -0.05) is 54.6 Å². The Morgan fingerprint density at radius 3 is 2.50 bits per heavy atom. The lowest BCUT2D eigenvalue weighted by atomic mass is 10.0. The number of rotatable bonds is 4. The smallest absolute Gasteiger partial charge is 0.272 e. The molecule has 6 nitrogen and oxygen atoms in total. The van der Waals surface area contributed by atoms with Crippen LogP contribution < -0.4 is 5.32 Å². The first-order valence-corrected chi connectivity index (χ1v) is 9.00. The first kappa shape index (κ1) is 17.7. The first-order chi connectivity index (χ1) is 13.5. The number of fused-ring (bicyclic) bond motifs is 1. The summed E-state index contributed by atoms with van der Waals surface area (Å²) in [5.41, 5.74) is 3.62. The zero-order valence-corrected chi connectivity index (χ0v) is 15.3. The second-order valence-corrected chi connectivity index (χ2v) is 6.81. The van der Waals surface area contributed by atoms with Gasteiger partial charge in [0, 0.05) is 29.4 Å². The van der Waals surface area contributed by atoms with Crippen LogP contribution in [0.25, 0.3) is 0 Å². The van der Waals surface area contributed by atoms with Gasteiger partial charge in [-0.15, -0.1) is 0 Å². The fourth-order valence-corrected chi connectivity index (χ4v) is 3.49. The number of nitro groups is 1. The molecule has 1 amide bonds. The highest BCUT2D eigenvalue weighted by atomic mass is 16.6. The highest BCUT2D eigenvalue weighted by Crippen LogP contribution is 2.35. The average Bonchev–Trinajstić information content (AvgIpc) is 2.71. The summed E-state index contributed by atoms with van der Waals surface area (Å²) in [4.78, 5) is 26.0. The third kappa shape index (κ3) is 3.20. The van der Waals surface area contributed by atoms with E-state index in [1.807, 2.05) is 54.6 Å². The number of anilines is 1. The van der Waals surface area contributed by atoms with Gasteiger partial charge in [-0.05, 0) is 24.6 Å². The minimum absolute atomic E-state index is 0.0465. The summed E-state index contributed by atoms with van der Waals surface area (Å²) in [5, 5.41) is 14.8. The van der Waals surface area contributed by atoms with E-state index in [0.29, 0.717) is 23.2 Å². The molecule has 140 valence electrons. The molecule has 1 atom stereocenters. The molecule has 0 fully saturated rings. The number of carbonyl (C=O) groups excluding carboxylic acids is 1. The fraction of sp³-hybridized carbons (Fsp3) is 0.136. The Balaban J connectivity index is 1.79. The van der Waals surface area contributed by atoms with Gasteiger partial charge in [-0.2, -0.15) is 0 Å². The fourth-order valence-electron chi connectivity index (χ4n) is 3.49. The number of para-hydroxylation sites is 1. The Hall–Kier alpha value is -3.67. The highest BCUT2D eigenvalue weighted by molar-refractivity contribution is 6.01. The van der Waals surface area contributed by atoms with E-state index in [1.165, 1.54) is 0 Å². The van der Waals surface area contributed by atoms with E-state index in [0.717, 1.165) is 11.3 Å². The van der Waals surface area contributed by atoms with Gasteiger partial charge in [-0.25, -0.2) is 0 Å². The number of nitro benzene ring substituents is 1. The van der Waals surface area contributed by atoms with E-state index in [-0.39, 0.29) is 16.5 Å². The van der Waals surface area contributed by atoms with Crippen LogP contribution in [-0.2, 0) is 6.54 Å². The molecule has 3 aromatic carbocycles. The Kier molecular flexibility index (Phi) is 4.53. The largest absolute Gasteiger partial charge is 0.361 e. The molecule has 3 aromatic rings. The van der Waals surface area contributed by atoms with Gasteiger partial charge >= 0.3 is 0 Å². The molecule has 6 heteroatoms. The third-order valence-corrected chi connectivity index (χ3v) is 4.96. The van der Waals surface area contributed by atoms with Gasteiger partial charge in [0.1, 0.15) is 6.17 Å². The van der Waals surface area contributed by atoms with E-state index in [1.54, 1.807) is 30.0 Å². The minimum Gasteiger partial charge on any atom is -0.361 e. The average molecular weight is 373 g/mol. The van der Waals surface area contributed by atoms with Crippen LogP contribution in [0.15, 0.2) is 72.8 Å². The van der Waals surface area contributed by atoms with E-state index in [2.05, 4.69) is 5.32 Å². The zero-order valence-electron chi connectivity index (χ0n) is 15.3. The molecule has 0 saturated carbocycles. The number of nitrogens with zero attached hydrogens (tertiary/aromatic N) is 2. The van der Waals surface area contributed by atoms with Crippen molar-refractivity contribution < 1.29 is 9.72 Å². The van der Waals surface area contributed by atoms with Crippen LogP contribution in [0.5, 0.6) is 0 Å². The quantitative estimate of drug-likeness (QED) is 0.533. The van der Waals surface area contributed by atoms with Crippen molar-refractivity contribution in [2.45, 2.75) is 19.6 Å². The molecule has 0 bridgehead atoms. The second-order valence-electron chi connectivity index (χ2n) is 6.81. The Morgan fingerprint density at radius 2 is 1.75 bits per heavy atom. The number of amides is 1. The first-order valence-electron chi connectivity index (χ1n) is 9.00. The predicted octanol–water partition coefficient (Wildman–Crippen LogP) is 4.67. The standard InChI is InChI=1S/C22H19N3O3/c1-15-11-12-17(13-20(15)25(27)28)21-23-19-10-6-5-9-18(19)22(26)24(21)14-16-7-3-2-4-8-16/h2-13,21,23H,14H2,1H3/t21-/m1/s1. The normalized spacial score (nSPS) is 15.7. The van der Waals surface area contributed by atoms with Crippen molar-refractivity contribution in [2.24, 2.45) is 0 Å². The van der Waals surface area contributed by atoms with Gasteiger partial charge in [0.2, 0.25) is 0 Å². The van der Waals surface area contributed by atoms with Crippen molar-refractivity contribution in [3.63, 3.8) is 0 Å². The van der Waals surface area contributed by atoms with Crippen molar-refractivity contribution in [1.29, 1.82) is 0 Å². The Labute approximate surface area is 162 Å². The molecule has 1 aliphatic rings. The summed E-state index contributed by atoms with van der Waals surface area (Å²) in [5.74, 6) is -0.105. The minimum atomic E-state index is -0.498. The Morgan fingerprint density at radius 1 is 1.04 bits per heavy atom. The van der Waals surface area contributed by atoms with Crippen LogP contribution in [-0.4, -0.2) is 15.7 Å². The molecule has 0 spiro atoms. The lowest BCUT2D eigenvalue weighted by Gasteiger charge is -2.38. The summed E-state index contributed by atoms with van der Waals surface area (Å²) in [6, 6.07) is 22.1. The van der Waals surface area contributed by atoms with Crippen LogP contribution >= 0.6 is 0 Å². The van der Waals surface area contributed by atoms with Crippen molar-refractivity contribution in [2.75, 3.05) is 5.32 Å². The van der Waals surface area contributed by atoms with E-state index in [4.69, 9.17) is 0 Å². The molecule has 0 aliphatic carbocycles. The summed E-state index contributed by atoms with van der Waals surface area (Å²) in [6.45, 7) is 2.10. The highest BCUT2D eigenvalue weighted by Gasteiger charge is 2.33. The second kappa shape index (κ2) is 7.15. The van der Waals surface area contributed by atoms with Gasteiger partial charge in [0.05, 0.1) is 10.5 Å². The van der Waals surface area contributed by atoms with Crippen LogP contribution in [0.2, 0.25) is 0 Å². The maximum Gasteiger partial charge on any atom is 0.272 e. The number of hydrogen-bond donors (Lipinski definition) is 1. The van der Waals surface area contributed by atoms with Gasteiger partial charge in [-0.3, -0.25) is 14.9 Å². The molecule has 0 radical (unpaired) electrons. The lowest BCUT2D eigenvalue weighted by Crippen LogP contribution is -2.42. The number of carbonyl (C=O) groups is 1. The lowest BCUT2D eigenvalue weighted by molar-refractivity contribution is -0.385. The molecule has 0 unspecified atom stereocenters. The Bertz CT molecular complexity index is 1050. The van der Waals surface area contributed by atoms with Gasteiger partial charge in [0.25, 0.3) is 11.6 Å². The van der Waals surface area contributed by atoms with E-state index < -0.39 is 6.17 Å². The summed E-state index contributed by atoms with van der Waals surface area (Å²) >= 11 is 0. The number of benzene rings is 3. The van der Waals surface area contributed by atoms with Crippen LogP contribution in [0, 0.1) is 17.0 Å². The molecule has 1 aliphatic heterocycles. The molecule has 4 rings (SSSR count). The molecule has 0 aromatic heterocycles. The molecule has 28 heavy (non-hydrogen) atoms. The maximum absolute atomic E-state index is 13.2. The number of hydrogen-bond acceptors (Lipinski definition) is 4. The molecular weight excluding hydrogens is 354 g/mol. The monoisotopic (exact) mass is 373 g/mol. The molecule has 1 N–H and O–H groups in total. The topological polar surface area (TPSA) is 75.5 Å². The molecule has 0 saturated heterocycles. The van der Waals surface area contributed by atoms with Crippen LogP contribution in [0.4, 0.5) is 11.4 Å². The van der Waals surface area contributed by atoms with E-state index in [9.17, 15) is 14.9 Å². The van der Waals surface area contributed by atoms with Crippen molar-refractivity contribution in [1.82, 2.24) is 4.90 Å². The van der Waals surface area contributed by atoms with Crippen LogP contribution in [0.3, 0.4) is 0 Å². The zero-order chi connectivity index (χ0) is 19.7. The SMILES string of the molecule is Cc1ccc([C@@H]2Nc3ccccc3C(=O)N2Cc2ccccc2)cc1[N+](=O)[O-]. The van der Waals surface area contributed by atoms with Crippen molar-refractivity contribution >= 4 is 17.3 Å². The molecule has 1 heterocycles. The van der Waals surface area contributed by atoms with Gasteiger partial charge < -0.3 is 10.2 Å². The van der Waals surface area contributed by atoms with Crippen molar-refractivity contribution in [3.8, 4) is 0 Å². The van der Waals surface area contributed by atoms with Gasteiger partial charge in [0.15, 0.2) is 0 Å². The predicted molar refractivity (Wildman–Crippen MR) is 107 cm³/mol. The molecular formula is C22H19N3O3. The summed E-state index contributed by atoms with van der Waals surface area (Å²) < 4.78 is 0. The number of aryl methyl sites for hydroxylation is 1. The van der Waals surface area contributed by atoms with Crippen LogP contribution in [0.1, 0.15) is 33.2 Å². The summed E-state index contributed by atoms with van der Waals surface area (Å²) in [6.07, 6.45) is -0.498. The number of nitrogens with one attached hydrogen (secondary N) is 1. The third-order valence-electron chi connectivity index (χ3n) is 4.96.